The van der Waals surface area contributed by atoms with Gasteiger partial charge in [-0.3, -0.25) is 0 Å². The zero-order chi connectivity index (χ0) is 14.0. The van der Waals surface area contributed by atoms with Gasteiger partial charge < -0.3 is 5.11 Å². The van der Waals surface area contributed by atoms with Gasteiger partial charge in [0.2, 0.25) is 0 Å². The third-order valence-electron chi connectivity index (χ3n) is 3.26. The summed E-state index contributed by atoms with van der Waals surface area (Å²) in [5.41, 5.74) is 1.05. The van der Waals surface area contributed by atoms with Crippen LogP contribution in [0.1, 0.15) is 23.6 Å². The van der Waals surface area contributed by atoms with Gasteiger partial charge in [-0.05, 0) is 31.5 Å². The Hall–Kier alpha value is -1.38. The third-order valence-corrected chi connectivity index (χ3v) is 3.61. The Morgan fingerprint density at radius 2 is 1.79 bits per heavy atom. The number of hydrogen-bond donors (Lipinski definition) is 1. The fourth-order valence-corrected chi connectivity index (χ4v) is 2.29. The lowest BCUT2D eigenvalue weighted by Gasteiger charge is -2.25. The lowest BCUT2D eigenvalue weighted by Crippen LogP contribution is -2.25. The Balaban J connectivity index is 2.33. The molecule has 1 N–H and O–H groups in total. The molecule has 0 aliphatic carbocycles. The van der Waals surface area contributed by atoms with Gasteiger partial charge >= 0.3 is 0 Å². The van der Waals surface area contributed by atoms with Crippen molar-refractivity contribution >= 4 is 11.6 Å². The Labute approximate surface area is 117 Å². The summed E-state index contributed by atoms with van der Waals surface area (Å²) in [6.45, 7) is 3.65. The van der Waals surface area contributed by atoms with Crippen LogP contribution in [0.5, 0.6) is 0 Å². The minimum Gasteiger partial charge on any atom is -0.385 e. The van der Waals surface area contributed by atoms with Crippen molar-refractivity contribution in [1.29, 1.82) is 0 Å². The predicted octanol–water partition coefficient (Wildman–Crippen LogP) is 4.24. The topological polar surface area (TPSA) is 20.2 Å². The van der Waals surface area contributed by atoms with E-state index >= 15 is 0 Å². The lowest BCUT2D eigenvalue weighted by atomic mass is 9.88. The van der Waals surface area contributed by atoms with Crippen molar-refractivity contribution in [3.05, 3.63) is 70.0 Å². The zero-order valence-corrected chi connectivity index (χ0v) is 11.7. The van der Waals surface area contributed by atoms with Crippen LogP contribution in [0.2, 0.25) is 5.02 Å². The van der Waals surface area contributed by atoms with Gasteiger partial charge in [-0.15, -0.1) is 0 Å². The smallest absolute Gasteiger partial charge is 0.128 e. The first-order chi connectivity index (χ1) is 8.90. The van der Waals surface area contributed by atoms with E-state index in [0.717, 1.165) is 11.1 Å². The molecule has 3 heteroatoms. The molecule has 0 aliphatic rings. The average Bonchev–Trinajstić information content (AvgIpc) is 2.35. The first-order valence-electron chi connectivity index (χ1n) is 6.12. The van der Waals surface area contributed by atoms with Crippen LogP contribution in [0.15, 0.2) is 42.5 Å². The second-order valence-corrected chi connectivity index (χ2v) is 5.42. The van der Waals surface area contributed by atoms with Crippen LogP contribution in [0.25, 0.3) is 0 Å². The number of halogens is 2. The Bertz CT molecular complexity index is 556. The Morgan fingerprint density at radius 3 is 2.37 bits per heavy atom. The molecule has 2 aromatic rings. The maximum absolute atomic E-state index is 13.8. The monoisotopic (exact) mass is 278 g/mol. The molecule has 0 saturated carbocycles. The summed E-state index contributed by atoms with van der Waals surface area (Å²) in [7, 11) is 0. The molecule has 0 aromatic heterocycles. The molecule has 0 bridgehead atoms. The van der Waals surface area contributed by atoms with E-state index in [-0.39, 0.29) is 12.2 Å². The van der Waals surface area contributed by atoms with Crippen molar-refractivity contribution < 1.29 is 9.50 Å². The van der Waals surface area contributed by atoms with E-state index in [2.05, 4.69) is 0 Å². The summed E-state index contributed by atoms with van der Waals surface area (Å²) >= 11 is 6.00. The minimum absolute atomic E-state index is 0.140. The molecular weight excluding hydrogens is 263 g/mol. The normalized spacial score (nSPS) is 14.2. The maximum Gasteiger partial charge on any atom is 0.128 e. The molecule has 0 fully saturated rings. The van der Waals surface area contributed by atoms with Gasteiger partial charge in [0.1, 0.15) is 5.82 Å². The molecule has 0 aliphatic heterocycles. The highest BCUT2D eigenvalue weighted by atomic mass is 35.5. The summed E-state index contributed by atoms with van der Waals surface area (Å²) in [6.07, 6.45) is 0.140. The van der Waals surface area contributed by atoms with E-state index in [9.17, 15) is 9.50 Å². The third kappa shape index (κ3) is 3.14. The van der Waals surface area contributed by atoms with Crippen LogP contribution in [0, 0.1) is 12.7 Å². The van der Waals surface area contributed by atoms with Crippen LogP contribution in [-0.4, -0.2) is 5.11 Å². The molecule has 2 rings (SSSR count). The molecule has 100 valence electrons. The summed E-state index contributed by atoms with van der Waals surface area (Å²) in [4.78, 5) is 0. The van der Waals surface area contributed by atoms with Gasteiger partial charge in [-0.1, -0.05) is 47.5 Å². The second-order valence-electron chi connectivity index (χ2n) is 5.02. The van der Waals surface area contributed by atoms with Gasteiger partial charge in [0.05, 0.1) is 5.60 Å². The van der Waals surface area contributed by atoms with Crippen LogP contribution in [0.3, 0.4) is 0 Å². The van der Waals surface area contributed by atoms with E-state index in [1.807, 2.05) is 31.2 Å². The molecule has 0 amide bonds. The summed E-state index contributed by atoms with van der Waals surface area (Å²) in [5.74, 6) is -0.389. The molecule has 1 nitrogen and oxygen atoms in total. The number of benzene rings is 2. The number of rotatable bonds is 3. The Kier molecular flexibility index (Phi) is 3.93. The summed E-state index contributed by atoms with van der Waals surface area (Å²) < 4.78 is 13.8. The van der Waals surface area contributed by atoms with Gasteiger partial charge in [0.25, 0.3) is 0 Å². The molecule has 0 saturated heterocycles. The second kappa shape index (κ2) is 5.32. The van der Waals surface area contributed by atoms with Crippen molar-refractivity contribution in [3.8, 4) is 0 Å². The summed E-state index contributed by atoms with van der Waals surface area (Å²) in [5, 5.41) is 10.9. The standard InChI is InChI=1S/C16H16ClFO/c1-11-6-8-12(9-7-11)16(2,19)10-13-14(17)4-3-5-15(13)18/h3-9,19H,10H2,1-2H3. The molecule has 1 unspecified atom stereocenters. The van der Waals surface area contributed by atoms with E-state index < -0.39 is 5.60 Å². The highest BCUT2D eigenvalue weighted by Crippen LogP contribution is 2.30. The van der Waals surface area contributed by atoms with Crippen LogP contribution in [-0.2, 0) is 12.0 Å². The Morgan fingerprint density at radius 1 is 1.16 bits per heavy atom. The molecule has 2 aromatic carbocycles. The summed E-state index contributed by atoms with van der Waals surface area (Å²) in [6, 6.07) is 12.1. The average molecular weight is 279 g/mol. The lowest BCUT2D eigenvalue weighted by molar-refractivity contribution is 0.0567. The first-order valence-corrected chi connectivity index (χ1v) is 6.50. The zero-order valence-electron chi connectivity index (χ0n) is 11.0. The molecular formula is C16H16ClFO. The van der Waals surface area contributed by atoms with Gasteiger partial charge in [0.15, 0.2) is 0 Å². The highest BCUT2D eigenvalue weighted by Gasteiger charge is 2.26. The predicted molar refractivity (Wildman–Crippen MR) is 75.9 cm³/mol. The molecule has 0 heterocycles. The number of aliphatic hydroxyl groups is 1. The van der Waals surface area contributed by atoms with Crippen LogP contribution >= 0.6 is 11.6 Å². The fourth-order valence-electron chi connectivity index (χ4n) is 2.06. The number of aryl methyl sites for hydroxylation is 1. The minimum atomic E-state index is -1.15. The van der Waals surface area contributed by atoms with Gasteiger partial charge in [-0.2, -0.15) is 0 Å². The maximum atomic E-state index is 13.8. The highest BCUT2D eigenvalue weighted by molar-refractivity contribution is 6.31. The van der Waals surface area contributed by atoms with E-state index in [1.165, 1.54) is 6.07 Å². The van der Waals surface area contributed by atoms with E-state index in [1.54, 1.807) is 19.1 Å². The van der Waals surface area contributed by atoms with Crippen LogP contribution < -0.4 is 0 Å². The van der Waals surface area contributed by atoms with Crippen molar-refractivity contribution in [2.45, 2.75) is 25.9 Å². The largest absolute Gasteiger partial charge is 0.385 e. The van der Waals surface area contributed by atoms with Gasteiger partial charge in [0, 0.05) is 17.0 Å². The first kappa shape index (κ1) is 14.0. The number of hydrogen-bond acceptors (Lipinski definition) is 1. The van der Waals surface area contributed by atoms with Crippen molar-refractivity contribution in [2.75, 3.05) is 0 Å². The molecule has 1 atom stereocenters. The van der Waals surface area contributed by atoms with Crippen molar-refractivity contribution in [1.82, 2.24) is 0 Å². The van der Waals surface area contributed by atoms with Crippen molar-refractivity contribution in [3.63, 3.8) is 0 Å². The SMILES string of the molecule is Cc1ccc(C(C)(O)Cc2c(F)cccc2Cl)cc1. The quantitative estimate of drug-likeness (QED) is 0.890. The molecule has 0 spiro atoms. The van der Waals surface area contributed by atoms with E-state index in [4.69, 9.17) is 11.6 Å². The molecule has 19 heavy (non-hydrogen) atoms. The van der Waals surface area contributed by atoms with Gasteiger partial charge in [-0.25, -0.2) is 4.39 Å². The van der Waals surface area contributed by atoms with Crippen LogP contribution in [0.4, 0.5) is 4.39 Å². The fraction of sp³-hybridized carbons (Fsp3) is 0.250. The van der Waals surface area contributed by atoms with E-state index in [0.29, 0.717) is 10.6 Å². The van der Waals surface area contributed by atoms with Crippen molar-refractivity contribution in [2.24, 2.45) is 0 Å². The molecule has 0 radical (unpaired) electrons.